The van der Waals surface area contributed by atoms with Gasteiger partial charge < -0.3 is 15.8 Å². The van der Waals surface area contributed by atoms with Gasteiger partial charge in [0.15, 0.2) is 0 Å². The first-order chi connectivity index (χ1) is 9.31. The average Bonchev–Trinajstić information content (AvgIpc) is 2.86. The van der Waals surface area contributed by atoms with Gasteiger partial charge in [-0.15, -0.1) is 0 Å². The van der Waals surface area contributed by atoms with Crippen molar-refractivity contribution in [2.24, 2.45) is 17.1 Å². The van der Waals surface area contributed by atoms with Gasteiger partial charge in [0.1, 0.15) is 5.54 Å². The molecule has 0 aromatic rings. The lowest BCUT2D eigenvalue weighted by Gasteiger charge is -2.61. The number of carbonyl (C=O) groups excluding carboxylic acids is 1. The molecule has 1 saturated heterocycles. The summed E-state index contributed by atoms with van der Waals surface area (Å²) in [6.45, 7) is 7.05. The predicted molar refractivity (Wildman–Crippen MR) is 78.2 cm³/mol. The van der Waals surface area contributed by atoms with Gasteiger partial charge in [-0.3, -0.25) is 4.79 Å². The van der Waals surface area contributed by atoms with Gasteiger partial charge in [0.05, 0.1) is 6.10 Å². The molecule has 3 atom stereocenters. The van der Waals surface area contributed by atoms with Crippen molar-refractivity contribution in [1.82, 2.24) is 5.32 Å². The molecule has 3 aliphatic rings. The molecular weight excluding hydrogens is 252 g/mol. The summed E-state index contributed by atoms with van der Waals surface area (Å²) in [5, 5.41) is 3.29. The second-order valence-corrected chi connectivity index (χ2v) is 7.85. The summed E-state index contributed by atoms with van der Waals surface area (Å²) in [6.07, 6.45) is 6.88. The van der Waals surface area contributed by atoms with Gasteiger partial charge in [0, 0.05) is 23.5 Å². The summed E-state index contributed by atoms with van der Waals surface area (Å²) in [5.74, 6) is 0.225. The molecule has 0 aromatic heterocycles. The lowest BCUT2D eigenvalue weighted by molar-refractivity contribution is -0.177. The third-order valence-corrected chi connectivity index (χ3v) is 6.20. The van der Waals surface area contributed by atoms with Gasteiger partial charge in [-0.2, -0.15) is 0 Å². The molecule has 1 amide bonds. The molecule has 2 saturated carbocycles. The van der Waals surface area contributed by atoms with Crippen LogP contribution in [0.1, 0.15) is 59.3 Å². The molecule has 20 heavy (non-hydrogen) atoms. The van der Waals surface area contributed by atoms with Gasteiger partial charge in [-0.25, -0.2) is 0 Å². The second kappa shape index (κ2) is 4.44. The summed E-state index contributed by atoms with van der Waals surface area (Å²) >= 11 is 0. The Morgan fingerprint density at radius 1 is 1.20 bits per heavy atom. The topological polar surface area (TPSA) is 64.4 Å². The maximum Gasteiger partial charge on any atom is 0.241 e. The van der Waals surface area contributed by atoms with Crippen LogP contribution in [0.15, 0.2) is 0 Å². The number of fused-ring (bicyclic) bond motifs is 1. The number of nitrogens with one attached hydrogen (secondary N) is 1. The van der Waals surface area contributed by atoms with E-state index in [1.807, 2.05) is 0 Å². The Kier molecular flexibility index (Phi) is 3.18. The molecule has 4 nitrogen and oxygen atoms in total. The zero-order chi connectivity index (χ0) is 14.6. The highest BCUT2D eigenvalue weighted by Crippen LogP contribution is 2.58. The maximum atomic E-state index is 12.9. The van der Waals surface area contributed by atoms with Crippen LogP contribution in [0.3, 0.4) is 0 Å². The van der Waals surface area contributed by atoms with E-state index in [1.54, 1.807) is 0 Å². The van der Waals surface area contributed by atoms with E-state index in [-0.39, 0.29) is 28.9 Å². The molecule has 0 spiro atoms. The summed E-state index contributed by atoms with van der Waals surface area (Å²) < 4.78 is 5.77. The van der Waals surface area contributed by atoms with Crippen LogP contribution in [-0.4, -0.2) is 29.7 Å². The van der Waals surface area contributed by atoms with E-state index in [4.69, 9.17) is 10.5 Å². The molecule has 3 N–H and O–H groups in total. The van der Waals surface area contributed by atoms with E-state index >= 15 is 0 Å². The quantitative estimate of drug-likeness (QED) is 0.813. The normalized spacial score (nSPS) is 41.6. The Bertz CT molecular complexity index is 415. The number of hydrogen-bond acceptors (Lipinski definition) is 3. The van der Waals surface area contributed by atoms with Crippen molar-refractivity contribution in [2.75, 3.05) is 6.61 Å². The SMILES string of the molecule is CC1(NC(=O)C2(N)C3CCOC3C2(C)C)CCCCC1. The van der Waals surface area contributed by atoms with Crippen LogP contribution in [0.5, 0.6) is 0 Å². The van der Waals surface area contributed by atoms with Crippen LogP contribution in [0.25, 0.3) is 0 Å². The molecule has 3 rings (SSSR count). The molecule has 0 bridgehead atoms. The lowest BCUT2D eigenvalue weighted by atomic mass is 9.47. The van der Waals surface area contributed by atoms with Crippen LogP contribution in [0.4, 0.5) is 0 Å². The fraction of sp³-hybridized carbons (Fsp3) is 0.938. The van der Waals surface area contributed by atoms with Gasteiger partial charge >= 0.3 is 0 Å². The summed E-state index contributed by atoms with van der Waals surface area (Å²) in [7, 11) is 0. The molecule has 0 radical (unpaired) electrons. The summed E-state index contributed by atoms with van der Waals surface area (Å²) in [4.78, 5) is 12.9. The maximum absolute atomic E-state index is 12.9. The number of carbonyl (C=O) groups is 1. The largest absolute Gasteiger partial charge is 0.377 e. The van der Waals surface area contributed by atoms with Crippen LogP contribution in [0, 0.1) is 11.3 Å². The van der Waals surface area contributed by atoms with E-state index in [2.05, 4.69) is 26.1 Å². The van der Waals surface area contributed by atoms with Crippen LogP contribution < -0.4 is 11.1 Å². The minimum absolute atomic E-state index is 0.0404. The third-order valence-electron chi connectivity index (χ3n) is 6.20. The van der Waals surface area contributed by atoms with Gasteiger partial charge in [-0.05, 0) is 26.2 Å². The van der Waals surface area contributed by atoms with E-state index in [0.717, 1.165) is 25.9 Å². The fourth-order valence-electron chi connectivity index (χ4n) is 4.68. The summed E-state index contributed by atoms with van der Waals surface area (Å²) in [5.41, 5.74) is 5.48. The van der Waals surface area contributed by atoms with Crippen molar-refractivity contribution in [3.63, 3.8) is 0 Å². The first-order valence-corrected chi connectivity index (χ1v) is 8.04. The molecule has 3 unspecified atom stereocenters. The monoisotopic (exact) mass is 280 g/mol. The molecule has 0 aromatic carbocycles. The minimum Gasteiger partial charge on any atom is -0.377 e. The third kappa shape index (κ3) is 1.77. The molecular formula is C16H28N2O2. The first kappa shape index (κ1) is 14.3. The highest BCUT2D eigenvalue weighted by molar-refractivity contribution is 5.90. The van der Waals surface area contributed by atoms with Crippen molar-refractivity contribution in [2.45, 2.75) is 76.5 Å². The Morgan fingerprint density at radius 3 is 2.50 bits per heavy atom. The highest BCUT2D eigenvalue weighted by Gasteiger charge is 2.71. The van der Waals surface area contributed by atoms with Crippen LogP contribution >= 0.6 is 0 Å². The van der Waals surface area contributed by atoms with Gasteiger partial charge in [-0.1, -0.05) is 33.1 Å². The number of ether oxygens (including phenoxy) is 1. The molecule has 1 aliphatic heterocycles. The van der Waals surface area contributed by atoms with E-state index in [9.17, 15) is 4.79 Å². The van der Waals surface area contributed by atoms with Crippen LogP contribution in [0.2, 0.25) is 0 Å². The number of rotatable bonds is 2. The average molecular weight is 280 g/mol. The zero-order valence-electron chi connectivity index (χ0n) is 13.0. The predicted octanol–water partition coefficient (Wildman–Crippen LogP) is 1.97. The van der Waals surface area contributed by atoms with Crippen LogP contribution in [-0.2, 0) is 9.53 Å². The standard InChI is InChI=1S/C16H28N2O2/c1-14(2)12-11(7-10-20-12)16(14,17)13(19)18-15(3)8-5-4-6-9-15/h11-12H,4-10,17H2,1-3H3,(H,18,19). The summed E-state index contributed by atoms with van der Waals surface area (Å²) in [6, 6.07) is 0. The minimum atomic E-state index is -0.769. The van der Waals surface area contributed by atoms with E-state index in [1.165, 1.54) is 19.3 Å². The molecule has 4 heteroatoms. The zero-order valence-corrected chi connectivity index (χ0v) is 13.0. The Hall–Kier alpha value is -0.610. The van der Waals surface area contributed by atoms with Crippen molar-refractivity contribution in [3.8, 4) is 0 Å². The molecule has 1 heterocycles. The van der Waals surface area contributed by atoms with Gasteiger partial charge in [0.2, 0.25) is 5.91 Å². The van der Waals surface area contributed by atoms with Crippen molar-refractivity contribution >= 4 is 5.91 Å². The van der Waals surface area contributed by atoms with Crippen molar-refractivity contribution in [3.05, 3.63) is 0 Å². The Labute approximate surface area is 121 Å². The Balaban J connectivity index is 1.76. The molecule has 2 aliphatic carbocycles. The van der Waals surface area contributed by atoms with Crippen molar-refractivity contribution < 1.29 is 9.53 Å². The number of nitrogens with two attached hydrogens (primary N) is 1. The number of hydrogen-bond donors (Lipinski definition) is 2. The van der Waals surface area contributed by atoms with E-state index < -0.39 is 5.54 Å². The van der Waals surface area contributed by atoms with Crippen molar-refractivity contribution in [1.29, 1.82) is 0 Å². The molecule has 3 fully saturated rings. The lowest BCUT2D eigenvalue weighted by Crippen LogP contribution is -2.81. The number of amides is 1. The van der Waals surface area contributed by atoms with Gasteiger partial charge in [0.25, 0.3) is 0 Å². The smallest absolute Gasteiger partial charge is 0.241 e. The van der Waals surface area contributed by atoms with E-state index in [0.29, 0.717) is 0 Å². The Morgan fingerprint density at radius 2 is 1.85 bits per heavy atom. The first-order valence-electron chi connectivity index (χ1n) is 8.04. The molecule has 114 valence electrons. The second-order valence-electron chi connectivity index (χ2n) is 7.85. The highest BCUT2D eigenvalue weighted by atomic mass is 16.5. The fourth-order valence-corrected chi connectivity index (χ4v) is 4.68.